The minimum atomic E-state index is -0.691. The van der Waals surface area contributed by atoms with Crippen molar-refractivity contribution >= 4 is 5.97 Å². The Morgan fingerprint density at radius 1 is 1.15 bits per heavy atom. The van der Waals surface area contributed by atoms with E-state index in [0.717, 1.165) is 6.42 Å². The van der Waals surface area contributed by atoms with Crippen molar-refractivity contribution in [2.75, 3.05) is 6.61 Å². The topological polar surface area (TPSA) is 66.8 Å². The molecule has 0 radical (unpaired) electrons. The van der Waals surface area contributed by atoms with E-state index in [1.54, 1.807) is 19.9 Å². The molecule has 2 N–H and O–H groups in total. The molecule has 118 valence electrons. The lowest BCUT2D eigenvalue weighted by Gasteiger charge is -2.30. The third-order valence-corrected chi connectivity index (χ3v) is 3.95. The maximum atomic E-state index is 11.5. The first-order valence-corrected chi connectivity index (χ1v) is 7.47. The fourth-order valence-corrected chi connectivity index (χ4v) is 2.25. The van der Waals surface area contributed by atoms with Crippen LogP contribution in [-0.2, 0) is 9.53 Å². The van der Waals surface area contributed by atoms with Crippen LogP contribution in [0.15, 0.2) is 11.6 Å². The molecule has 0 heterocycles. The van der Waals surface area contributed by atoms with Gasteiger partial charge in [-0.3, -0.25) is 0 Å². The zero-order valence-electron chi connectivity index (χ0n) is 13.6. The fourth-order valence-electron chi connectivity index (χ4n) is 2.25. The third-order valence-electron chi connectivity index (χ3n) is 3.95. The normalized spacial score (nSPS) is 19.9. The van der Waals surface area contributed by atoms with Gasteiger partial charge in [0.1, 0.15) is 0 Å². The lowest BCUT2D eigenvalue weighted by atomic mass is 9.83. The zero-order chi connectivity index (χ0) is 15.9. The Bertz CT molecular complexity index is 324. The van der Waals surface area contributed by atoms with Crippen LogP contribution in [0.1, 0.15) is 48.0 Å². The molecular weight excluding hydrogens is 256 g/mol. The molecule has 4 nitrogen and oxygen atoms in total. The number of aliphatic hydroxyl groups is 2. The van der Waals surface area contributed by atoms with Crippen LogP contribution >= 0.6 is 0 Å². The van der Waals surface area contributed by atoms with Crippen LogP contribution in [-0.4, -0.2) is 35.0 Å². The van der Waals surface area contributed by atoms with Gasteiger partial charge in [-0.05, 0) is 19.8 Å². The molecule has 0 saturated heterocycles. The van der Waals surface area contributed by atoms with Crippen molar-refractivity contribution in [3.05, 3.63) is 11.6 Å². The smallest absolute Gasteiger partial charge is 0.333 e. The molecule has 0 amide bonds. The molecule has 0 fully saturated rings. The highest BCUT2D eigenvalue weighted by molar-refractivity contribution is 5.87. The average molecular weight is 286 g/mol. The molecule has 0 aromatic rings. The molecule has 0 aliphatic carbocycles. The number of carbonyl (C=O) groups excluding carboxylic acids is 1. The minimum absolute atomic E-state index is 0.141. The summed E-state index contributed by atoms with van der Waals surface area (Å²) < 4.78 is 4.91. The summed E-state index contributed by atoms with van der Waals surface area (Å²) in [5.41, 5.74) is 0.489. The van der Waals surface area contributed by atoms with Gasteiger partial charge >= 0.3 is 5.97 Å². The van der Waals surface area contributed by atoms with Crippen molar-refractivity contribution in [3.8, 4) is 0 Å². The predicted molar refractivity (Wildman–Crippen MR) is 80.2 cm³/mol. The monoisotopic (exact) mass is 286 g/mol. The summed E-state index contributed by atoms with van der Waals surface area (Å²) in [6.45, 7) is 11.4. The van der Waals surface area contributed by atoms with Gasteiger partial charge < -0.3 is 14.9 Å². The second-order valence-electron chi connectivity index (χ2n) is 5.66. The highest BCUT2D eigenvalue weighted by Gasteiger charge is 2.29. The van der Waals surface area contributed by atoms with Gasteiger partial charge in [-0.25, -0.2) is 4.79 Å². The van der Waals surface area contributed by atoms with Gasteiger partial charge in [-0.2, -0.15) is 0 Å². The van der Waals surface area contributed by atoms with Crippen molar-refractivity contribution in [2.24, 2.45) is 17.8 Å². The zero-order valence-corrected chi connectivity index (χ0v) is 13.6. The van der Waals surface area contributed by atoms with E-state index >= 15 is 0 Å². The molecule has 0 bridgehead atoms. The van der Waals surface area contributed by atoms with Gasteiger partial charge in [0.25, 0.3) is 0 Å². The van der Waals surface area contributed by atoms with Gasteiger partial charge in [-0.15, -0.1) is 0 Å². The van der Waals surface area contributed by atoms with Gasteiger partial charge in [0.15, 0.2) is 0 Å². The van der Waals surface area contributed by atoms with Crippen LogP contribution in [0.4, 0.5) is 0 Å². The Hall–Kier alpha value is -0.870. The molecule has 0 aromatic heterocycles. The molecule has 0 aliphatic heterocycles. The molecule has 0 rings (SSSR count). The van der Waals surface area contributed by atoms with Crippen LogP contribution < -0.4 is 0 Å². The van der Waals surface area contributed by atoms with Gasteiger partial charge in [0.05, 0.1) is 18.8 Å². The molecule has 0 aliphatic rings. The number of esters is 1. The first-order valence-electron chi connectivity index (χ1n) is 7.47. The summed E-state index contributed by atoms with van der Waals surface area (Å²) in [6, 6.07) is 0. The molecule has 0 saturated carbocycles. The Morgan fingerprint density at radius 2 is 1.70 bits per heavy atom. The Morgan fingerprint density at radius 3 is 2.15 bits per heavy atom. The van der Waals surface area contributed by atoms with Crippen LogP contribution in [0.25, 0.3) is 0 Å². The molecule has 0 unspecified atom stereocenters. The highest BCUT2D eigenvalue weighted by atomic mass is 16.5. The second-order valence-corrected chi connectivity index (χ2v) is 5.66. The SMILES string of the molecule is CCOC(=O)/C(C)=C/[C@@H](C)[C@H](O)[C@@H](C)[C@H](O)[C@@H](C)CC. The summed E-state index contributed by atoms with van der Waals surface area (Å²) in [7, 11) is 0. The van der Waals surface area contributed by atoms with Gasteiger partial charge in [-0.1, -0.05) is 40.2 Å². The number of carbonyl (C=O) groups is 1. The molecule has 5 atom stereocenters. The van der Waals surface area contributed by atoms with Crippen molar-refractivity contribution in [3.63, 3.8) is 0 Å². The summed E-state index contributed by atoms with van der Waals surface area (Å²) in [6.07, 6.45) is 1.34. The van der Waals surface area contributed by atoms with E-state index in [0.29, 0.717) is 12.2 Å². The Labute approximate surface area is 122 Å². The van der Waals surface area contributed by atoms with Crippen molar-refractivity contribution in [2.45, 2.75) is 60.2 Å². The first-order chi connectivity index (χ1) is 9.26. The van der Waals surface area contributed by atoms with Crippen molar-refractivity contribution in [1.82, 2.24) is 0 Å². The van der Waals surface area contributed by atoms with Gasteiger partial charge in [0.2, 0.25) is 0 Å². The lowest BCUT2D eigenvalue weighted by Crippen LogP contribution is -2.37. The number of rotatable bonds is 8. The fraction of sp³-hybridized carbons (Fsp3) is 0.812. The maximum absolute atomic E-state index is 11.5. The molecule has 0 aromatic carbocycles. The van der Waals surface area contributed by atoms with Crippen LogP contribution in [0.3, 0.4) is 0 Å². The third kappa shape index (κ3) is 5.63. The van der Waals surface area contributed by atoms with E-state index in [2.05, 4.69) is 0 Å². The van der Waals surface area contributed by atoms with Gasteiger partial charge in [0, 0.05) is 17.4 Å². The number of hydrogen-bond donors (Lipinski definition) is 2. The summed E-state index contributed by atoms with van der Waals surface area (Å²) in [5, 5.41) is 20.5. The van der Waals surface area contributed by atoms with Crippen LogP contribution in [0, 0.1) is 17.8 Å². The molecule has 20 heavy (non-hydrogen) atoms. The second kappa shape index (κ2) is 9.14. The molecule has 0 spiro atoms. The number of hydrogen-bond acceptors (Lipinski definition) is 4. The average Bonchev–Trinajstić information content (AvgIpc) is 2.43. The molecular formula is C16H30O4. The van der Waals surface area contributed by atoms with Crippen LogP contribution in [0.2, 0.25) is 0 Å². The van der Waals surface area contributed by atoms with E-state index in [1.807, 2.05) is 27.7 Å². The highest BCUT2D eigenvalue weighted by Crippen LogP contribution is 2.24. The van der Waals surface area contributed by atoms with E-state index in [4.69, 9.17) is 4.74 Å². The van der Waals surface area contributed by atoms with Crippen molar-refractivity contribution < 1.29 is 19.7 Å². The lowest BCUT2D eigenvalue weighted by molar-refractivity contribution is -0.138. The summed E-state index contributed by atoms with van der Waals surface area (Å²) >= 11 is 0. The Kier molecular flexibility index (Phi) is 8.74. The van der Waals surface area contributed by atoms with E-state index in [9.17, 15) is 15.0 Å². The molecule has 4 heteroatoms. The number of aliphatic hydroxyl groups excluding tert-OH is 2. The largest absolute Gasteiger partial charge is 0.463 e. The van der Waals surface area contributed by atoms with E-state index < -0.39 is 12.2 Å². The van der Waals surface area contributed by atoms with Crippen molar-refractivity contribution in [1.29, 1.82) is 0 Å². The summed E-state index contributed by atoms with van der Waals surface area (Å²) in [5.74, 6) is -0.678. The van der Waals surface area contributed by atoms with Crippen LogP contribution in [0.5, 0.6) is 0 Å². The first kappa shape index (κ1) is 19.1. The predicted octanol–water partition coefficient (Wildman–Crippen LogP) is 2.54. The minimum Gasteiger partial charge on any atom is -0.463 e. The van der Waals surface area contributed by atoms with E-state index in [1.165, 1.54) is 0 Å². The Balaban J connectivity index is 4.72. The maximum Gasteiger partial charge on any atom is 0.333 e. The summed E-state index contributed by atoms with van der Waals surface area (Å²) in [4.78, 5) is 11.5. The quantitative estimate of drug-likeness (QED) is 0.531. The standard InChI is InChI=1S/C16H30O4/c1-7-10(3)14(17)13(6)15(18)11(4)9-12(5)16(19)20-8-2/h9-11,13-15,17-18H,7-8H2,1-6H3/b12-9+/t10-,11+,13-,14+,15-/m0/s1. The number of ether oxygens (including phenoxy) is 1. The van der Waals surface area contributed by atoms with E-state index in [-0.39, 0.29) is 23.7 Å².